The summed E-state index contributed by atoms with van der Waals surface area (Å²) in [5.41, 5.74) is 16.6. The zero-order valence-electron chi connectivity index (χ0n) is 31.7. The fourth-order valence-corrected chi connectivity index (χ4v) is 10.2. The van der Waals surface area contributed by atoms with E-state index in [1.807, 2.05) is 0 Å². The highest BCUT2D eigenvalue weighted by Gasteiger charge is 2.38. The first-order valence-corrected chi connectivity index (χ1v) is 19.5. The van der Waals surface area contributed by atoms with Gasteiger partial charge in [-0.1, -0.05) is 173 Å². The Kier molecular flexibility index (Phi) is 6.72. The first-order valence-electron chi connectivity index (χ1n) is 19.5. The number of anilines is 3. The largest absolute Gasteiger partial charge is 0.310 e. The van der Waals surface area contributed by atoms with Gasteiger partial charge in [-0.2, -0.15) is 0 Å². The smallest absolute Gasteiger partial charge is 0.0502 e. The van der Waals surface area contributed by atoms with Crippen LogP contribution in [0.2, 0.25) is 0 Å². The van der Waals surface area contributed by atoms with Crippen molar-refractivity contribution in [3.8, 4) is 33.4 Å². The van der Waals surface area contributed by atoms with Crippen molar-refractivity contribution in [2.24, 2.45) is 0 Å². The maximum absolute atomic E-state index is 2.54. The monoisotopic (exact) mass is 703 g/mol. The van der Waals surface area contributed by atoms with Crippen LogP contribution in [0.4, 0.5) is 17.1 Å². The van der Waals surface area contributed by atoms with Crippen molar-refractivity contribution in [2.45, 2.75) is 38.5 Å². The van der Waals surface area contributed by atoms with E-state index in [2.05, 4.69) is 209 Å². The van der Waals surface area contributed by atoms with Gasteiger partial charge in [0.15, 0.2) is 0 Å². The number of hydrogen-bond donors (Lipinski definition) is 0. The van der Waals surface area contributed by atoms with E-state index < -0.39 is 0 Å². The standard InChI is InChI=1S/C54H41N/c1-53(2)44-25-13-12-24-41(44)52-37-21-9-8-20-36(37)43(33-47(52)53)51-39-23-11-10-22-38(39)50(34-18-6-5-7-19-34)40-31-30-35(32-42(40)51)55-48-28-16-14-26-45(48)54(3,4)46-27-15-17-29-49(46)55/h5-33H,1-4H3. The van der Waals surface area contributed by atoms with Crippen LogP contribution in [0.25, 0.3) is 65.7 Å². The molecule has 1 heterocycles. The van der Waals surface area contributed by atoms with Gasteiger partial charge in [0.2, 0.25) is 0 Å². The van der Waals surface area contributed by atoms with Gasteiger partial charge in [0.05, 0.1) is 11.4 Å². The second-order valence-corrected chi connectivity index (χ2v) is 16.4. The third kappa shape index (κ3) is 4.41. The average Bonchev–Trinajstić information content (AvgIpc) is 3.46. The second-order valence-electron chi connectivity index (χ2n) is 16.4. The van der Waals surface area contributed by atoms with Crippen LogP contribution in [0.3, 0.4) is 0 Å². The molecule has 0 saturated carbocycles. The third-order valence-electron chi connectivity index (χ3n) is 12.8. The maximum Gasteiger partial charge on any atom is 0.0502 e. The van der Waals surface area contributed by atoms with Gasteiger partial charge in [-0.15, -0.1) is 0 Å². The minimum Gasteiger partial charge on any atom is -0.310 e. The molecule has 0 radical (unpaired) electrons. The van der Waals surface area contributed by atoms with Gasteiger partial charge in [-0.05, 0) is 118 Å². The number of hydrogen-bond acceptors (Lipinski definition) is 1. The number of fused-ring (bicyclic) bond motifs is 9. The molecule has 0 spiro atoms. The van der Waals surface area contributed by atoms with Gasteiger partial charge in [-0.3, -0.25) is 0 Å². The fourth-order valence-electron chi connectivity index (χ4n) is 10.2. The van der Waals surface area contributed by atoms with Gasteiger partial charge in [-0.25, -0.2) is 0 Å². The maximum atomic E-state index is 2.54. The van der Waals surface area contributed by atoms with Gasteiger partial charge >= 0.3 is 0 Å². The van der Waals surface area contributed by atoms with Crippen LogP contribution in [0.5, 0.6) is 0 Å². The zero-order valence-corrected chi connectivity index (χ0v) is 31.7. The van der Waals surface area contributed by atoms with E-state index in [-0.39, 0.29) is 10.8 Å². The van der Waals surface area contributed by atoms with Crippen molar-refractivity contribution in [2.75, 3.05) is 4.90 Å². The Balaban J connectivity index is 1.29. The Morgan fingerprint density at radius 1 is 0.327 bits per heavy atom. The van der Waals surface area contributed by atoms with Crippen molar-refractivity contribution in [3.63, 3.8) is 0 Å². The lowest BCUT2D eigenvalue weighted by molar-refractivity contribution is 0.632. The molecular weight excluding hydrogens is 663 g/mol. The molecule has 9 aromatic rings. The van der Waals surface area contributed by atoms with Gasteiger partial charge in [0.25, 0.3) is 0 Å². The molecule has 0 aromatic heterocycles. The highest BCUT2D eigenvalue weighted by Crippen LogP contribution is 2.56. The summed E-state index contributed by atoms with van der Waals surface area (Å²) in [5, 5.41) is 7.66. The summed E-state index contributed by atoms with van der Waals surface area (Å²) in [6, 6.07) is 65.9. The first-order chi connectivity index (χ1) is 26.8. The molecule has 55 heavy (non-hydrogen) atoms. The average molecular weight is 704 g/mol. The molecule has 0 saturated heterocycles. The van der Waals surface area contributed by atoms with E-state index in [9.17, 15) is 0 Å². The molecule has 1 aliphatic carbocycles. The van der Waals surface area contributed by atoms with E-state index in [1.165, 1.54) is 99.3 Å². The zero-order chi connectivity index (χ0) is 37.1. The van der Waals surface area contributed by atoms with Crippen LogP contribution < -0.4 is 4.90 Å². The van der Waals surface area contributed by atoms with E-state index in [0.29, 0.717) is 0 Å². The Labute approximate surface area is 323 Å². The predicted octanol–water partition coefficient (Wildman–Crippen LogP) is 14.9. The van der Waals surface area contributed by atoms with E-state index in [0.717, 1.165) is 5.69 Å². The van der Waals surface area contributed by atoms with Crippen LogP contribution in [-0.4, -0.2) is 0 Å². The summed E-state index contributed by atoms with van der Waals surface area (Å²) in [6.45, 7) is 9.51. The summed E-state index contributed by atoms with van der Waals surface area (Å²) in [5.74, 6) is 0. The molecule has 0 N–H and O–H groups in total. The van der Waals surface area contributed by atoms with Crippen molar-refractivity contribution < 1.29 is 0 Å². The first kappa shape index (κ1) is 32.0. The van der Waals surface area contributed by atoms with Crippen LogP contribution in [0, 0.1) is 0 Å². The number of nitrogens with zero attached hydrogens (tertiary/aromatic N) is 1. The normalized spacial score (nSPS) is 14.8. The molecule has 0 atom stereocenters. The highest BCUT2D eigenvalue weighted by atomic mass is 15.2. The minimum absolute atomic E-state index is 0.129. The summed E-state index contributed by atoms with van der Waals surface area (Å²) < 4.78 is 0. The summed E-state index contributed by atoms with van der Waals surface area (Å²) in [6.07, 6.45) is 0. The molecule has 11 rings (SSSR count). The quantitative estimate of drug-likeness (QED) is 0.166. The SMILES string of the molecule is CC1(C)c2ccccc2N(c2ccc3c(-c4ccccc4)c4ccccc4c(-c4cc5c(c6ccccc46)-c4ccccc4C5(C)C)c3c2)c2ccccc21. The van der Waals surface area contributed by atoms with E-state index in [4.69, 9.17) is 0 Å². The van der Waals surface area contributed by atoms with Crippen LogP contribution in [-0.2, 0) is 10.8 Å². The van der Waals surface area contributed by atoms with Gasteiger partial charge < -0.3 is 4.90 Å². The Hall–Kier alpha value is -6.44. The van der Waals surface area contributed by atoms with Crippen LogP contribution >= 0.6 is 0 Å². The predicted molar refractivity (Wildman–Crippen MR) is 234 cm³/mol. The van der Waals surface area contributed by atoms with Crippen molar-refractivity contribution in [3.05, 3.63) is 198 Å². The lowest BCUT2D eigenvalue weighted by Crippen LogP contribution is -2.30. The molecule has 0 unspecified atom stereocenters. The van der Waals surface area contributed by atoms with E-state index >= 15 is 0 Å². The molecule has 1 heteroatoms. The molecule has 0 bridgehead atoms. The summed E-state index contributed by atoms with van der Waals surface area (Å²) >= 11 is 0. The van der Waals surface area contributed by atoms with Crippen LogP contribution in [0.15, 0.2) is 176 Å². The molecule has 2 aliphatic rings. The molecule has 9 aromatic carbocycles. The lowest BCUT2D eigenvalue weighted by Gasteiger charge is -2.42. The van der Waals surface area contributed by atoms with Gasteiger partial charge in [0, 0.05) is 16.5 Å². The molecule has 1 aliphatic heterocycles. The number of para-hydroxylation sites is 2. The van der Waals surface area contributed by atoms with Crippen LogP contribution in [0.1, 0.15) is 49.9 Å². The van der Waals surface area contributed by atoms with Crippen molar-refractivity contribution in [1.82, 2.24) is 0 Å². The topological polar surface area (TPSA) is 3.24 Å². The Morgan fingerprint density at radius 2 is 0.818 bits per heavy atom. The molecule has 262 valence electrons. The molecular formula is C54H41N. The summed E-state index contributed by atoms with van der Waals surface area (Å²) in [4.78, 5) is 2.50. The lowest BCUT2D eigenvalue weighted by atomic mass is 9.73. The highest BCUT2D eigenvalue weighted by molar-refractivity contribution is 6.25. The molecule has 0 fully saturated rings. The molecule has 0 amide bonds. The second kappa shape index (κ2) is 11.5. The summed E-state index contributed by atoms with van der Waals surface area (Å²) in [7, 11) is 0. The Bertz CT molecular complexity index is 2990. The van der Waals surface area contributed by atoms with Crippen molar-refractivity contribution in [1.29, 1.82) is 0 Å². The minimum atomic E-state index is -0.139. The molecule has 1 nitrogen and oxygen atoms in total. The van der Waals surface area contributed by atoms with Crippen molar-refractivity contribution >= 4 is 49.4 Å². The fraction of sp³-hybridized carbons (Fsp3) is 0.111. The Morgan fingerprint density at radius 3 is 1.49 bits per heavy atom. The number of rotatable bonds is 3. The van der Waals surface area contributed by atoms with Gasteiger partial charge in [0.1, 0.15) is 0 Å². The number of benzene rings is 9. The van der Waals surface area contributed by atoms with E-state index in [1.54, 1.807) is 0 Å². The third-order valence-corrected chi connectivity index (χ3v) is 12.8.